The summed E-state index contributed by atoms with van der Waals surface area (Å²) in [6.45, 7) is 2.17. The van der Waals surface area contributed by atoms with Gasteiger partial charge >= 0.3 is 5.97 Å². The fourth-order valence-corrected chi connectivity index (χ4v) is 3.12. The number of carbonyl (C=O) groups is 2. The Labute approximate surface area is 145 Å². The average Bonchev–Trinajstić information content (AvgIpc) is 2.61. The van der Waals surface area contributed by atoms with Crippen LogP contribution in [0, 0.1) is 5.92 Å². The summed E-state index contributed by atoms with van der Waals surface area (Å²) in [6, 6.07) is 10.9. The molecule has 0 bridgehead atoms. The molecule has 0 saturated carbocycles. The van der Waals surface area contributed by atoms with Gasteiger partial charge in [-0.05, 0) is 31.9 Å². The van der Waals surface area contributed by atoms with Crippen molar-refractivity contribution < 1.29 is 24.2 Å². The number of hydrogen-bond acceptors (Lipinski definition) is 4. The molecule has 3 rings (SSSR count). The second-order valence-corrected chi connectivity index (χ2v) is 6.23. The van der Waals surface area contributed by atoms with Gasteiger partial charge in [0.15, 0.2) is 6.61 Å². The maximum Gasteiger partial charge on any atom is 0.341 e. The van der Waals surface area contributed by atoms with Gasteiger partial charge in [0.2, 0.25) is 5.91 Å². The number of anilines is 1. The predicted octanol–water partition coefficient (Wildman–Crippen LogP) is 3.06. The lowest BCUT2D eigenvalue weighted by Gasteiger charge is -2.26. The topological polar surface area (TPSA) is 84.9 Å². The molecule has 1 aliphatic heterocycles. The van der Waals surface area contributed by atoms with E-state index >= 15 is 0 Å². The molecule has 1 amide bonds. The van der Waals surface area contributed by atoms with Crippen LogP contribution < -0.4 is 10.1 Å². The zero-order valence-electron chi connectivity index (χ0n) is 14.0. The number of benzene rings is 2. The van der Waals surface area contributed by atoms with Crippen molar-refractivity contribution >= 4 is 28.3 Å². The fraction of sp³-hybridized carbons (Fsp3) is 0.368. The Hall–Kier alpha value is -2.60. The molecule has 0 radical (unpaired) electrons. The number of amides is 1. The molecule has 0 aromatic heterocycles. The van der Waals surface area contributed by atoms with E-state index in [1.807, 2.05) is 31.2 Å². The second kappa shape index (κ2) is 7.53. The maximum absolute atomic E-state index is 12.6. The van der Waals surface area contributed by atoms with E-state index in [9.17, 15) is 9.59 Å². The molecule has 0 spiro atoms. The molecule has 25 heavy (non-hydrogen) atoms. The van der Waals surface area contributed by atoms with Crippen LogP contribution in [0.15, 0.2) is 36.4 Å². The lowest BCUT2D eigenvalue weighted by molar-refractivity contribution is -0.139. The normalized spacial score (nSPS) is 20.2. The second-order valence-electron chi connectivity index (χ2n) is 6.23. The minimum Gasteiger partial charge on any atom is -0.481 e. The van der Waals surface area contributed by atoms with Crippen LogP contribution >= 0.6 is 0 Å². The van der Waals surface area contributed by atoms with Crippen LogP contribution in [0.1, 0.15) is 19.8 Å². The van der Waals surface area contributed by atoms with Gasteiger partial charge in [-0.2, -0.15) is 0 Å². The maximum atomic E-state index is 12.6. The highest BCUT2D eigenvalue weighted by Crippen LogP contribution is 2.32. The van der Waals surface area contributed by atoms with E-state index in [-0.39, 0.29) is 17.9 Å². The van der Waals surface area contributed by atoms with E-state index in [0.717, 1.165) is 10.8 Å². The van der Waals surface area contributed by atoms with Crippen molar-refractivity contribution in [3.05, 3.63) is 36.4 Å². The molecule has 2 N–H and O–H groups in total. The van der Waals surface area contributed by atoms with Gasteiger partial charge in [0.25, 0.3) is 0 Å². The van der Waals surface area contributed by atoms with E-state index in [0.29, 0.717) is 30.9 Å². The first-order valence-corrected chi connectivity index (χ1v) is 8.33. The van der Waals surface area contributed by atoms with Crippen molar-refractivity contribution in [2.45, 2.75) is 25.9 Å². The van der Waals surface area contributed by atoms with Crippen LogP contribution in [-0.2, 0) is 14.3 Å². The first kappa shape index (κ1) is 17.2. The van der Waals surface area contributed by atoms with E-state index < -0.39 is 12.6 Å². The van der Waals surface area contributed by atoms with Crippen molar-refractivity contribution in [3.8, 4) is 5.75 Å². The van der Waals surface area contributed by atoms with E-state index in [2.05, 4.69) is 5.32 Å². The van der Waals surface area contributed by atoms with Crippen LogP contribution in [0.5, 0.6) is 5.75 Å². The summed E-state index contributed by atoms with van der Waals surface area (Å²) in [4.78, 5) is 23.3. The molecule has 1 heterocycles. The lowest BCUT2D eigenvalue weighted by atomic mass is 9.95. The van der Waals surface area contributed by atoms with Crippen LogP contribution in [-0.4, -0.2) is 36.3 Å². The smallest absolute Gasteiger partial charge is 0.341 e. The number of aliphatic carboxylic acids is 1. The van der Waals surface area contributed by atoms with Gasteiger partial charge in [-0.1, -0.05) is 24.3 Å². The average molecular weight is 343 g/mol. The molecule has 6 nitrogen and oxygen atoms in total. The molecule has 1 aliphatic rings. The third-order valence-electron chi connectivity index (χ3n) is 4.35. The Kier molecular flexibility index (Phi) is 5.19. The van der Waals surface area contributed by atoms with Gasteiger partial charge in [-0.3, -0.25) is 4.79 Å². The van der Waals surface area contributed by atoms with Gasteiger partial charge in [0.1, 0.15) is 5.75 Å². The molecule has 2 aromatic rings. The van der Waals surface area contributed by atoms with Gasteiger partial charge in [0, 0.05) is 29.0 Å². The van der Waals surface area contributed by atoms with Crippen LogP contribution in [0.3, 0.4) is 0 Å². The fourth-order valence-electron chi connectivity index (χ4n) is 3.12. The van der Waals surface area contributed by atoms with Crippen molar-refractivity contribution in [1.29, 1.82) is 0 Å². The Morgan fingerprint density at radius 2 is 2.00 bits per heavy atom. The largest absolute Gasteiger partial charge is 0.481 e. The van der Waals surface area contributed by atoms with Gasteiger partial charge in [0.05, 0.1) is 6.10 Å². The molecule has 6 heteroatoms. The highest BCUT2D eigenvalue weighted by Gasteiger charge is 2.26. The quantitative estimate of drug-likeness (QED) is 0.871. The zero-order valence-corrected chi connectivity index (χ0v) is 14.0. The molecular formula is C19H21NO5. The number of hydrogen-bond donors (Lipinski definition) is 2. The van der Waals surface area contributed by atoms with Crippen molar-refractivity contribution in [2.75, 3.05) is 18.5 Å². The molecule has 1 fully saturated rings. The van der Waals surface area contributed by atoms with Crippen LogP contribution in [0.25, 0.3) is 10.8 Å². The minimum absolute atomic E-state index is 0.0143. The minimum atomic E-state index is -1.03. The van der Waals surface area contributed by atoms with E-state index in [4.69, 9.17) is 14.6 Å². The first-order chi connectivity index (χ1) is 12.0. The van der Waals surface area contributed by atoms with E-state index in [1.54, 1.807) is 12.1 Å². The number of carboxylic acids is 1. The van der Waals surface area contributed by atoms with Crippen molar-refractivity contribution in [2.24, 2.45) is 5.92 Å². The number of rotatable bonds is 5. The summed E-state index contributed by atoms with van der Waals surface area (Å²) in [5, 5.41) is 13.4. The van der Waals surface area contributed by atoms with Crippen LogP contribution in [0.4, 0.5) is 5.69 Å². The number of fused-ring (bicyclic) bond motifs is 1. The SMILES string of the molecule is C[C@@H]1C[C@H](C(=O)Nc2ccc(OCC(=O)O)c3ccccc23)CCO1. The number of carbonyl (C=O) groups excluding carboxylic acids is 1. The van der Waals surface area contributed by atoms with Crippen molar-refractivity contribution in [1.82, 2.24) is 0 Å². The summed E-state index contributed by atoms with van der Waals surface area (Å²) < 4.78 is 10.8. The Bertz CT molecular complexity index is 788. The number of nitrogens with one attached hydrogen (secondary N) is 1. The molecule has 0 aliphatic carbocycles. The van der Waals surface area contributed by atoms with Gasteiger partial charge in [-0.25, -0.2) is 4.79 Å². The van der Waals surface area contributed by atoms with Crippen molar-refractivity contribution in [3.63, 3.8) is 0 Å². The summed E-state index contributed by atoms with van der Waals surface area (Å²) in [6.07, 6.45) is 1.52. The van der Waals surface area contributed by atoms with Gasteiger partial charge in [-0.15, -0.1) is 0 Å². The Morgan fingerprint density at radius 1 is 1.24 bits per heavy atom. The molecule has 132 valence electrons. The highest BCUT2D eigenvalue weighted by molar-refractivity contribution is 6.04. The molecule has 2 atom stereocenters. The lowest BCUT2D eigenvalue weighted by Crippen LogP contribution is -2.32. The van der Waals surface area contributed by atoms with E-state index in [1.165, 1.54) is 0 Å². The first-order valence-electron chi connectivity index (χ1n) is 8.33. The molecule has 2 aromatic carbocycles. The molecule has 1 saturated heterocycles. The summed E-state index contributed by atoms with van der Waals surface area (Å²) >= 11 is 0. The van der Waals surface area contributed by atoms with Gasteiger partial charge < -0.3 is 19.9 Å². The Balaban J connectivity index is 1.83. The standard InChI is InChI=1S/C19H21NO5/c1-12-10-13(8-9-24-12)19(23)20-16-6-7-17(25-11-18(21)22)15-5-3-2-4-14(15)16/h2-7,12-13H,8-11H2,1H3,(H,20,23)(H,21,22)/t12-,13-/m1/s1. The summed E-state index contributed by atoms with van der Waals surface area (Å²) in [5.41, 5.74) is 0.697. The molecule has 0 unspecified atom stereocenters. The monoisotopic (exact) mass is 343 g/mol. The third kappa shape index (κ3) is 4.09. The summed E-state index contributed by atoms with van der Waals surface area (Å²) in [5.74, 6) is -0.629. The number of ether oxygens (including phenoxy) is 2. The predicted molar refractivity (Wildman–Crippen MR) is 93.8 cm³/mol. The van der Waals surface area contributed by atoms with Crippen LogP contribution in [0.2, 0.25) is 0 Å². The Morgan fingerprint density at radius 3 is 2.72 bits per heavy atom. The third-order valence-corrected chi connectivity index (χ3v) is 4.35. The number of carboxylic acid groups (broad SMARTS) is 1. The zero-order chi connectivity index (χ0) is 17.8. The molecular weight excluding hydrogens is 322 g/mol. The summed E-state index contributed by atoms with van der Waals surface area (Å²) in [7, 11) is 0. The highest BCUT2D eigenvalue weighted by atomic mass is 16.5.